The van der Waals surface area contributed by atoms with Crippen LogP contribution in [0.1, 0.15) is 70.9 Å². The third kappa shape index (κ3) is 6.48. The van der Waals surface area contributed by atoms with Crippen LogP contribution >= 0.6 is 15.9 Å². The third-order valence-corrected chi connectivity index (χ3v) is 4.81. The van der Waals surface area contributed by atoms with Gasteiger partial charge in [-0.25, -0.2) is 4.39 Å². The van der Waals surface area contributed by atoms with Gasteiger partial charge in [-0.3, -0.25) is 0 Å². The highest BCUT2D eigenvalue weighted by atomic mass is 79.9. The lowest BCUT2D eigenvalue weighted by Gasteiger charge is -2.25. The van der Waals surface area contributed by atoms with E-state index < -0.39 is 0 Å². The zero-order chi connectivity index (χ0) is 15.7. The Morgan fingerprint density at radius 1 is 1.19 bits per heavy atom. The van der Waals surface area contributed by atoms with E-state index in [1.54, 1.807) is 6.07 Å². The summed E-state index contributed by atoms with van der Waals surface area (Å²) in [6, 6.07) is 5.23. The van der Waals surface area contributed by atoms with Gasteiger partial charge in [-0.15, -0.1) is 0 Å². The summed E-state index contributed by atoms with van der Waals surface area (Å²) < 4.78 is 14.6. The molecule has 0 saturated heterocycles. The number of hydrogen-bond donors (Lipinski definition) is 1. The van der Waals surface area contributed by atoms with E-state index in [0.717, 1.165) is 29.4 Å². The fraction of sp³-hybridized carbons (Fsp3) is 0.667. The van der Waals surface area contributed by atoms with Gasteiger partial charge in [0.25, 0.3) is 0 Å². The molecule has 3 heteroatoms. The van der Waals surface area contributed by atoms with E-state index in [2.05, 4.69) is 42.0 Å². The molecule has 1 aromatic rings. The summed E-state index contributed by atoms with van der Waals surface area (Å²) >= 11 is 3.58. The van der Waals surface area contributed by atoms with Gasteiger partial charge in [-0.1, -0.05) is 62.4 Å². The molecule has 0 aliphatic heterocycles. The van der Waals surface area contributed by atoms with E-state index in [1.165, 1.54) is 31.7 Å². The highest BCUT2D eigenvalue weighted by molar-refractivity contribution is 9.10. The molecule has 0 aliphatic rings. The predicted molar refractivity (Wildman–Crippen MR) is 93.1 cm³/mol. The Morgan fingerprint density at radius 3 is 2.57 bits per heavy atom. The minimum atomic E-state index is -0.155. The Morgan fingerprint density at radius 2 is 1.95 bits per heavy atom. The van der Waals surface area contributed by atoms with Crippen LogP contribution in [0.4, 0.5) is 4.39 Å². The lowest BCUT2D eigenvalue weighted by atomic mass is 9.89. The first-order valence-corrected chi connectivity index (χ1v) is 9.09. The smallest absolute Gasteiger partial charge is 0.123 e. The van der Waals surface area contributed by atoms with Crippen LogP contribution in [0.5, 0.6) is 0 Å². The molecule has 0 bridgehead atoms. The fourth-order valence-electron chi connectivity index (χ4n) is 2.74. The van der Waals surface area contributed by atoms with Gasteiger partial charge in [-0.05, 0) is 49.1 Å². The van der Waals surface area contributed by atoms with Crippen LogP contribution < -0.4 is 5.32 Å². The van der Waals surface area contributed by atoms with Gasteiger partial charge in [0.1, 0.15) is 5.82 Å². The van der Waals surface area contributed by atoms with Crippen molar-refractivity contribution in [2.45, 2.75) is 65.3 Å². The van der Waals surface area contributed by atoms with Gasteiger partial charge in [0.2, 0.25) is 0 Å². The first kappa shape index (κ1) is 18.6. The van der Waals surface area contributed by atoms with Crippen LogP contribution in [0, 0.1) is 11.7 Å². The quantitative estimate of drug-likeness (QED) is 0.522. The minimum absolute atomic E-state index is 0.155. The van der Waals surface area contributed by atoms with Crippen molar-refractivity contribution in [2.75, 3.05) is 6.54 Å². The molecule has 2 unspecified atom stereocenters. The molecule has 0 spiro atoms. The fourth-order valence-corrected chi connectivity index (χ4v) is 3.26. The summed E-state index contributed by atoms with van der Waals surface area (Å²) in [6.45, 7) is 7.64. The van der Waals surface area contributed by atoms with Gasteiger partial charge in [0, 0.05) is 10.5 Å². The number of benzene rings is 1. The predicted octanol–water partition coefficient (Wildman–Crippen LogP) is 6.24. The Kier molecular flexibility index (Phi) is 9.18. The molecule has 1 rings (SSSR count). The van der Waals surface area contributed by atoms with E-state index in [9.17, 15) is 4.39 Å². The van der Waals surface area contributed by atoms with Crippen molar-refractivity contribution in [3.63, 3.8) is 0 Å². The Labute approximate surface area is 137 Å². The Bertz CT molecular complexity index is 408. The largest absolute Gasteiger partial charge is 0.310 e. The standard InChI is InChI=1S/C18H29BrFN/c1-4-7-8-14(6-3)12-18(21-11-5-2)16-13-15(20)9-10-17(16)19/h9-10,13-14,18,21H,4-8,11-12H2,1-3H3. The second kappa shape index (κ2) is 10.3. The molecule has 1 N–H and O–H groups in total. The average Bonchev–Trinajstić information content (AvgIpc) is 2.49. The maximum Gasteiger partial charge on any atom is 0.123 e. The van der Waals surface area contributed by atoms with Crippen molar-refractivity contribution in [3.8, 4) is 0 Å². The number of hydrogen-bond acceptors (Lipinski definition) is 1. The second-order valence-electron chi connectivity index (χ2n) is 5.82. The van der Waals surface area contributed by atoms with Gasteiger partial charge >= 0.3 is 0 Å². The van der Waals surface area contributed by atoms with Crippen LogP contribution in [-0.4, -0.2) is 6.54 Å². The number of rotatable bonds is 10. The van der Waals surface area contributed by atoms with Crippen LogP contribution in [0.15, 0.2) is 22.7 Å². The SMILES string of the molecule is CCCCC(CC)CC(NCCC)c1cc(F)ccc1Br. The summed E-state index contributed by atoms with van der Waals surface area (Å²) in [5.41, 5.74) is 1.05. The van der Waals surface area contributed by atoms with E-state index in [-0.39, 0.29) is 11.9 Å². The highest BCUT2D eigenvalue weighted by Crippen LogP contribution is 2.31. The summed E-state index contributed by atoms with van der Waals surface area (Å²) in [6.07, 6.45) is 7.16. The number of halogens is 2. The molecule has 0 fully saturated rings. The molecule has 0 radical (unpaired) electrons. The van der Waals surface area contributed by atoms with E-state index in [0.29, 0.717) is 5.92 Å². The van der Waals surface area contributed by atoms with E-state index in [1.807, 2.05) is 6.07 Å². The normalized spacial score (nSPS) is 14.1. The number of unbranched alkanes of at least 4 members (excludes halogenated alkanes) is 1. The molecule has 1 aromatic carbocycles. The molecule has 2 atom stereocenters. The van der Waals surface area contributed by atoms with Crippen LogP contribution in [-0.2, 0) is 0 Å². The topological polar surface area (TPSA) is 12.0 Å². The molecular weight excluding hydrogens is 329 g/mol. The third-order valence-electron chi connectivity index (χ3n) is 4.09. The van der Waals surface area contributed by atoms with Gasteiger partial charge in [0.15, 0.2) is 0 Å². The molecular formula is C18H29BrFN. The zero-order valence-corrected chi connectivity index (χ0v) is 15.2. The summed E-state index contributed by atoms with van der Waals surface area (Å²) in [5, 5.41) is 3.60. The molecule has 0 aromatic heterocycles. The highest BCUT2D eigenvalue weighted by Gasteiger charge is 2.19. The van der Waals surface area contributed by atoms with Gasteiger partial charge < -0.3 is 5.32 Å². The summed E-state index contributed by atoms with van der Waals surface area (Å²) in [7, 11) is 0. The van der Waals surface area contributed by atoms with Crippen molar-refractivity contribution in [2.24, 2.45) is 5.92 Å². The molecule has 1 nitrogen and oxygen atoms in total. The zero-order valence-electron chi connectivity index (χ0n) is 13.6. The van der Waals surface area contributed by atoms with Gasteiger partial charge in [-0.2, -0.15) is 0 Å². The van der Waals surface area contributed by atoms with Crippen molar-refractivity contribution >= 4 is 15.9 Å². The average molecular weight is 358 g/mol. The summed E-state index contributed by atoms with van der Waals surface area (Å²) in [4.78, 5) is 0. The molecule has 120 valence electrons. The van der Waals surface area contributed by atoms with Crippen LogP contribution in [0.25, 0.3) is 0 Å². The summed E-state index contributed by atoms with van der Waals surface area (Å²) in [5.74, 6) is 0.549. The second-order valence-corrected chi connectivity index (χ2v) is 6.68. The molecule has 0 amide bonds. The monoisotopic (exact) mass is 357 g/mol. The minimum Gasteiger partial charge on any atom is -0.310 e. The molecule has 0 heterocycles. The molecule has 0 aliphatic carbocycles. The van der Waals surface area contributed by atoms with Crippen molar-refractivity contribution in [3.05, 3.63) is 34.1 Å². The maximum absolute atomic E-state index is 13.6. The van der Waals surface area contributed by atoms with Crippen molar-refractivity contribution in [1.82, 2.24) is 5.32 Å². The Balaban J connectivity index is 2.85. The van der Waals surface area contributed by atoms with E-state index >= 15 is 0 Å². The lowest BCUT2D eigenvalue weighted by molar-refractivity contribution is 0.352. The van der Waals surface area contributed by atoms with Gasteiger partial charge in [0.05, 0.1) is 0 Å². The lowest BCUT2D eigenvalue weighted by Crippen LogP contribution is -2.25. The van der Waals surface area contributed by atoms with Crippen molar-refractivity contribution < 1.29 is 4.39 Å². The number of nitrogens with one attached hydrogen (secondary N) is 1. The molecule has 0 saturated carbocycles. The van der Waals surface area contributed by atoms with Crippen molar-refractivity contribution in [1.29, 1.82) is 0 Å². The van der Waals surface area contributed by atoms with E-state index in [4.69, 9.17) is 0 Å². The van der Waals surface area contributed by atoms with Crippen LogP contribution in [0.3, 0.4) is 0 Å². The van der Waals surface area contributed by atoms with Crippen LogP contribution in [0.2, 0.25) is 0 Å². The maximum atomic E-state index is 13.6. The first-order chi connectivity index (χ1) is 10.1. The molecule has 21 heavy (non-hydrogen) atoms. The Hall–Kier alpha value is -0.410. The first-order valence-electron chi connectivity index (χ1n) is 8.30.